The van der Waals surface area contributed by atoms with Gasteiger partial charge in [-0.1, -0.05) is 6.07 Å². The molecule has 0 amide bonds. The van der Waals surface area contributed by atoms with Crippen LogP contribution in [0.3, 0.4) is 0 Å². The maximum absolute atomic E-state index is 4.52. The van der Waals surface area contributed by atoms with Crippen LogP contribution in [0.25, 0.3) is 0 Å². The highest BCUT2D eigenvalue weighted by Crippen LogP contribution is 2.61. The van der Waals surface area contributed by atoms with Gasteiger partial charge in [-0.15, -0.1) is 0 Å². The summed E-state index contributed by atoms with van der Waals surface area (Å²) in [5, 5.41) is 3.89. The Balaban J connectivity index is 1.49. The first-order valence-electron chi connectivity index (χ1n) is 8.81. The number of aromatic nitrogens is 1. The van der Waals surface area contributed by atoms with Gasteiger partial charge in [-0.3, -0.25) is 4.98 Å². The fraction of sp³-hybridized carbons (Fsp3) is 0.737. The van der Waals surface area contributed by atoms with Gasteiger partial charge in [0.2, 0.25) is 0 Å². The maximum atomic E-state index is 4.52. The van der Waals surface area contributed by atoms with Gasteiger partial charge in [0, 0.05) is 18.3 Å². The van der Waals surface area contributed by atoms with Crippen LogP contribution in [0.15, 0.2) is 24.4 Å². The highest BCUT2D eigenvalue weighted by molar-refractivity contribution is 5.10. The van der Waals surface area contributed by atoms with E-state index in [9.17, 15) is 0 Å². The van der Waals surface area contributed by atoms with Crippen LogP contribution in [0, 0.1) is 23.2 Å². The molecule has 2 atom stereocenters. The minimum Gasteiger partial charge on any atom is -0.306 e. The molecule has 5 rings (SSSR count). The summed E-state index contributed by atoms with van der Waals surface area (Å²) in [5.74, 6) is 3.10. The molecule has 1 aromatic rings. The van der Waals surface area contributed by atoms with E-state index >= 15 is 0 Å². The largest absolute Gasteiger partial charge is 0.306 e. The van der Waals surface area contributed by atoms with Crippen molar-refractivity contribution in [3.63, 3.8) is 0 Å². The summed E-state index contributed by atoms with van der Waals surface area (Å²) in [7, 11) is 0. The summed E-state index contributed by atoms with van der Waals surface area (Å²) in [4.78, 5) is 4.52. The zero-order chi connectivity index (χ0) is 14.4. The Bertz CT molecular complexity index is 460. The molecule has 0 radical (unpaired) electrons. The Hall–Kier alpha value is -0.890. The lowest BCUT2D eigenvalue weighted by Crippen LogP contribution is -2.55. The third kappa shape index (κ3) is 2.42. The van der Waals surface area contributed by atoms with E-state index in [0.29, 0.717) is 17.5 Å². The third-order valence-corrected chi connectivity index (χ3v) is 6.64. The van der Waals surface area contributed by atoms with E-state index in [-0.39, 0.29) is 0 Å². The van der Waals surface area contributed by atoms with Crippen LogP contribution in [-0.4, -0.2) is 11.0 Å². The van der Waals surface area contributed by atoms with Gasteiger partial charge in [-0.05, 0) is 87.7 Å². The molecule has 4 bridgehead atoms. The molecular weight excluding hydrogens is 256 g/mol. The summed E-state index contributed by atoms with van der Waals surface area (Å²) >= 11 is 0. The fourth-order valence-electron chi connectivity index (χ4n) is 5.98. The summed E-state index contributed by atoms with van der Waals surface area (Å²) in [6.45, 7) is 4.70. The van der Waals surface area contributed by atoms with Crippen molar-refractivity contribution in [1.29, 1.82) is 0 Å². The number of rotatable bonds is 4. The van der Waals surface area contributed by atoms with Crippen molar-refractivity contribution in [2.24, 2.45) is 23.2 Å². The van der Waals surface area contributed by atoms with Crippen molar-refractivity contribution < 1.29 is 0 Å². The van der Waals surface area contributed by atoms with Gasteiger partial charge in [-0.25, -0.2) is 0 Å². The molecule has 0 spiro atoms. The quantitative estimate of drug-likeness (QED) is 0.889. The molecule has 4 fully saturated rings. The third-order valence-electron chi connectivity index (χ3n) is 6.64. The second-order valence-corrected chi connectivity index (χ2v) is 8.14. The minimum absolute atomic E-state index is 0.356. The average molecular weight is 284 g/mol. The number of pyridine rings is 1. The van der Waals surface area contributed by atoms with Gasteiger partial charge in [0.25, 0.3) is 0 Å². The lowest BCUT2D eigenvalue weighted by Gasteiger charge is -2.59. The second kappa shape index (κ2) is 5.08. The Morgan fingerprint density at radius 1 is 1.05 bits per heavy atom. The first kappa shape index (κ1) is 13.8. The van der Waals surface area contributed by atoms with E-state index in [4.69, 9.17) is 0 Å². The molecule has 0 saturated heterocycles. The number of nitrogens with one attached hydrogen (secondary N) is 1. The standard InChI is InChI=1S/C19H28N2/c1-13(18-5-3-4-6-20-18)21-14(2)19-10-15-7-16(11-19)9-17(8-15)12-19/h3-6,13-17,21H,7-12H2,1-2H3/t13-,14?,15?,16?,17?,19?/m1/s1. The molecule has 0 aromatic carbocycles. The maximum Gasteiger partial charge on any atom is 0.0570 e. The van der Waals surface area contributed by atoms with E-state index < -0.39 is 0 Å². The Labute approximate surface area is 128 Å². The molecule has 1 aromatic heterocycles. The zero-order valence-corrected chi connectivity index (χ0v) is 13.4. The van der Waals surface area contributed by atoms with Crippen LogP contribution in [0.2, 0.25) is 0 Å². The Morgan fingerprint density at radius 3 is 2.19 bits per heavy atom. The lowest BCUT2D eigenvalue weighted by atomic mass is 9.48. The van der Waals surface area contributed by atoms with Crippen molar-refractivity contribution in [1.82, 2.24) is 10.3 Å². The highest BCUT2D eigenvalue weighted by atomic mass is 15.0. The van der Waals surface area contributed by atoms with Gasteiger partial charge in [0.1, 0.15) is 0 Å². The van der Waals surface area contributed by atoms with Crippen LogP contribution in [0.5, 0.6) is 0 Å². The smallest absolute Gasteiger partial charge is 0.0570 e. The summed E-state index contributed by atoms with van der Waals surface area (Å²) in [6, 6.07) is 7.20. The molecule has 114 valence electrons. The first-order chi connectivity index (χ1) is 10.1. The Kier molecular flexibility index (Phi) is 3.33. The van der Waals surface area contributed by atoms with Gasteiger partial charge in [-0.2, -0.15) is 0 Å². The highest BCUT2D eigenvalue weighted by Gasteiger charge is 2.53. The lowest BCUT2D eigenvalue weighted by molar-refractivity contribution is -0.0720. The molecule has 4 aliphatic carbocycles. The monoisotopic (exact) mass is 284 g/mol. The van der Waals surface area contributed by atoms with Gasteiger partial charge in [0.15, 0.2) is 0 Å². The topological polar surface area (TPSA) is 24.9 Å². The molecule has 1 N–H and O–H groups in total. The summed E-state index contributed by atoms with van der Waals surface area (Å²) < 4.78 is 0. The predicted octanol–water partition coefficient (Wildman–Crippen LogP) is 4.34. The van der Waals surface area contributed by atoms with Crippen molar-refractivity contribution in [3.05, 3.63) is 30.1 Å². The fourth-order valence-corrected chi connectivity index (χ4v) is 5.98. The molecule has 4 aliphatic rings. The number of nitrogens with zero attached hydrogens (tertiary/aromatic N) is 1. The van der Waals surface area contributed by atoms with Crippen LogP contribution in [-0.2, 0) is 0 Å². The molecule has 4 saturated carbocycles. The molecule has 2 heteroatoms. The normalized spacial score (nSPS) is 40.2. The van der Waals surface area contributed by atoms with Crippen molar-refractivity contribution in [2.45, 2.75) is 64.5 Å². The van der Waals surface area contributed by atoms with Crippen LogP contribution in [0.1, 0.15) is 64.1 Å². The first-order valence-corrected chi connectivity index (χ1v) is 8.81. The van der Waals surface area contributed by atoms with E-state index in [0.717, 1.165) is 17.8 Å². The van der Waals surface area contributed by atoms with E-state index in [1.54, 1.807) is 0 Å². The zero-order valence-electron chi connectivity index (χ0n) is 13.4. The van der Waals surface area contributed by atoms with Gasteiger partial charge < -0.3 is 5.32 Å². The molecule has 1 unspecified atom stereocenters. The minimum atomic E-state index is 0.356. The molecular formula is C19H28N2. The van der Waals surface area contributed by atoms with Crippen molar-refractivity contribution in [3.8, 4) is 0 Å². The van der Waals surface area contributed by atoms with E-state index in [2.05, 4.69) is 36.3 Å². The van der Waals surface area contributed by atoms with Crippen LogP contribution >= 0.6 is 0 Å². The van der Waals surface area contributed by atoms with Gasteiger partial charge in [0.05, 0.1) is 5.69 Å². The number of hydrogen-bond acceptors (Lipinski definition) is 2. The van der Waals surface area contributed by atoms with E-state index in [1.165, 1.54) is 44.2 Å². The molecule has 2 nitrogen and oxygen atoms in total. The van der Waals surface area contributed by atoms with Crippen molar-refractivity contribution >= 4 is 0 Å². The summed E-state index contributed by atoms with van der Waals surface area (Å²) in [6.07, 6.45) is 10.9. The molecule has 0 aliphatic heterocycles. The van der Waals surface area contributed by atoms with Gasteiger partial charge >= 0.3 is 0 Å². The Morgan fingerprint density at radius 2 is 1.67 bits per heavy atom. The van der Waals surface area contributed by atoms with Crippen LogP contribution < -0.4 is 5.32 Å². The predicted molar refractivity (Wildman–Crippen MR) is 85.9 cm³/mol. The van der Waals surface area contributed by atoms with Crippen LogP contribution in [0.4, 0.5) is 0 Å². The summed E-state index contributed by atoms with van der Waals surface area (Å²) in [5.41, 5.74) is 1.76. The number of hydrogen-bond donors (Lipinski definition) is 1. The SMILES string of the molecule is CC(N[C@H](C)c1ccccn1)C12CC3CC(CC(C3)C1)C2. The average Bonchev–Trinajstić information content (AvgIpc) is 2.46. The van der Waals surface area contributed by atoms with Crippen molar-refractivity contribution in [2.75, 3.05) is 0 Å². The molecule has 21 heavy (non-hydrogen) atoms. The van der Waals surface area contributed by atoms with E-state index in [1.807, 2.05) is 12.3 Å². The second-order valence-electron chi connectivity index (χ2n) is 8.14. The molecule has 1 heterocycles.